The molecule has 0 aliphatic carbocycles. The molecule has 0 radical (unpaired) electrons. The lowest BCUT2D eigenvalue weighted by Gasteiger charge is -2.30. The van der Waals surface area contributed by atoms with Crippen LogP contribution in [-0.2, 0) is 11.3 Å². The van der Waals surface area contributed by atoms with Crippen LogP contribution in [0.2, 0.25) is 10.0 Å². The Hall–Kier alpha value is -3.03. The number of aromatic nitrogens is 3. The number of para-hydroxylation sites is 2. The second-order valence-electron chi connectivity index (χ2n) is 7.82. The molecule has 0 unspecified atom stereocenters. The van der Waals surface area contributed by atoms with Crippen molar-refractivity contribution in [3.05, 3.63) is 70.3 Å². The van der Waals surface area contributed by atoms with Gasteiger partial charge in [-0.15, -0.1) is 0 Å². The van der Waals surface area contributed by atoms with Gasteiger partial charge < -0.3 is 14.6 Å². The van der Waals surface area contributed by atoms with Gasteiger partial charge in [-0.25, -0.2) is 4.68 Å². The number of carbonyl (C=O) groups excluding carboxylic acids is 1. The number of nitrogens with zero attached hydrogens (tertiary/aromatic N) is 4. The van der Waals surface area contributed by atoms with E-state index >= 15 is 0 Å². The SMILES string of the molecule is O=C(Nc1ccnn1Cc1ccc(Cl)cc1Cl)C1CCN(c2nc3ccccc3o2)CC1. The van der Waals surface area contributed by atoms with Gasteiger partial charge in [0.2, 0.25) is 5.91 Å². The number of piperidine rings is 1. The van der Waals surface area contributed by atoms with E-state index in [1.54, 1.807) is 29.1 Å². The third-order valence-corrected chi connectivity index (χ3v) is 6.31. The van der Waals surface area contributed by atoms with Crippen molar-refractivity contribution < 1.29 is 9.21 Å². The minimum absolute atomic E-state index is 0.00818. The Morgan fingerprint density at radius 1 is 1.12 bits per heavy atom. The number of fused-ring (bicyclic) bond motifs is 1. The van der Waals surface area contributed by atoms with Gasteiger partial charge in [-0.2, -0.15) is 10.1 Å². The second kappa shape index (κ2) is 8.84. The molecule has 1 amide bonds. The lowest BCUT2D eigenvalue weighted by Crippen LogP contribution is -2.38. The highest BCUT2D eigenvalue weighted by Crippen LogP contribution is 2.27. The minimum Gasteiger partial charge on any atom is -0.423 e. The number of hydrogen-bond donors (Lipinski definition) is 1. The summed E-state index contributed by atoms with van der Waals surface area (Å²) in [6, 6.07) is 15.5. The summed E-state index contributed by atoms with van der Waals surface area (Å²) in [5, 5.41) is 8.50. The maximum atomic E-state index is 12.9. The van der Waals surface area contributed by atoms with Gasteiger partial charge in [0, 0.05) is 35.1 Å². The molecule has 0 atom stereocenters. The van der Waals surface area contributed by atoms with Gasteiger partial charge in [0.1, 0.15) is 11.3 Å². The molecule has 5 rings (SSSR count). The number of amides is 1. The van der Waals surface area contributed by atoms with Gasteiger partial charge in [-0.05, 0) is 42.7 Å². The maximum Gasteiger partial charge on any atom is 0.298 e. The van der Waals surface area contributed by atoms with Gasteiger partial charge in [-0.3, -0.25) is 4.79 Å². The van der Waals surface area contributed by atoms with E-state index in [9.17, 15) is 4.79 Å². The molecule has 0 bridgehead atoms. The number of nitrogens with one attached hydrogen (secondary N) is 1. The van der Waals surface area contributed by atoms with E-state index in [1.807, 2.05) is 30.3 Å². The maximum absolute atomic E-state index is 12.9. The van der Waals surface area contributed by atoms with Crippen molar-refractivity contribution in [2.45, 2.75) is 19.4 Å². The van der Waals surface area contributed by atoms with Crippen molar-refractivity contribution in [2.24, 2.45) is 5.92 Å². The van der Waals surface area contributed by atoms with Crippen LogP contribution in [0.25, 0.3) is 11.1 Å². The molecule has 9 heteroatoms. The zero-order chi connectivity index (χ0) is 22.1. The van der Waals surface area contributed by atoms with Gasteiger partial charge in [0.15, 0.2) is 5.58 Å². The van der Waals surface area contributed by atoms with Gasteiger partial charge in [0.25, 0.3) is 6.01 Å². The molecular formula is C23H21Cl2N5O2. The normalized spacial score (nSPS) is 14.8. The third kappa shape index (κ3) is 4.31. The molecule has 7 nitrogen and oxygen atoms in total. The van der Waals surface area contributed by atoms with Crippen LogP contribution in [0, 0.1) is 5.92 Å². The molecule has 2 aromatic carbocycles. The molecule has 4 aromatic rings. The van der Waals surface area contributed by atoms with E-state index in [2.05, 4.69) is 20.3 Å². The van der Waals surface area contributed by atoms with Crippen LogP contribution in [0.5, 0.6) is 0 Å². The lowest BCUT2D eigenvalue weighted by atomic mass is 9.96. The van der Waals surface area contributed by atoms with Crippen LogP contribution >= 0.6 is 23.2 Å². The van der Waals surface area contributed by atoms with E-state index < -0.39 is 0 Å². The first kappa shape index (κ1) is 20.8. The van der Waals surface area contributed by atoms with Crippen molar-refractivity contribution in [1.29, 1.82) is 0 Å². The summed E-state index contributed by atoms with van der Waals surface area (Å²) in [6.07, 6.45) is 3.11. The van der Waals surface area contributed by atoms with Gasteiger partial charge in [-0.1, -0.05) is 41.4 Å². The van der Waals surface area contributed by atoms with Crippen molar-refractivity contribution in [1.82, 2.24) is 14.8 Å². The second-order valence-corrected chi connectivity index (χ2v) is 8.67. The Bertz CT molecular complexity index is 1230. The first-order chi connectivity index (χ1) is 15.6. The van der Waals surface area contributed by atoms with Crippen molar-refractivity contribution >= 4 is 52.0 Å². The summed E-state index contributed by atoms with van der Waals surface area (Å²) in [6.45, 7) is 1.86. The van der Waals surface area contributed by atoms with Crippen LogP contribution in [0.1, 0.15) is 18.4 Å². The highest BCUT2D eigenvalue weighted by atomic mass is 35.5. The van der Waals surface area contributed by atoms with Gasteiger partial charge in [0.05, 0.1) is 12.7 Å². The Kier molecular flexibility index (Phi) is 5.76. The fraction of sp³-hybridized carbons (Fsp3) is 0.261. The molecule has 0 saturated carbocycles. The van der Waals surface area contributed by atoms with Crippen LogP contribution in [0.3, 0.4) is 0 Å². The van der Waals surface area contributed by atoms with Crippen molar-refractivity contribution in [2.75, 3.05) is 23.3 Å². The molecule has 3 heterocycles. The molecular weight excluding hydrogens is 449 g/mol. The summed E-state index contributed by atoms with van der Waals surface area (Å²) in [4.78, 5) is 19.6. The Morgan fingerprint density at radius 3 is 2.72 bits per heavy atom. The number of oxazole rings is 1. The summed E-state index contributed by atoms with van der Waals surface area (Å²) in [5.41, 5.74) is 2.50. The average molecular weight is 470 g/mol. The Morgan fingerprint density at radius 2 is 1.94 bits per heavy atom. The molecule has 32 heavy (non-hydrogen) atoms. The zero-order valence-electron chi connectivity index (χ0n) is 17.2. The van der Waals surface area contributed by atoms with E-state index in [0.29, 0.717) is 41.5 Å². The fourth-order valence-corrected chi connectivity index (χ4v) is 4.40. The van der Waals surface area contributed by atoms with Crippen molar-refractivity contribution in [3.8, 4) is 0 Å². The third-order valence-electron chi connectivity index (χ3n) is 5.72. The summed E-state index contributed by atoms with van der Waals surface area (Å²) >= 11 is 12.3. The molecule has 1 aliphatic heterocycles. The minimum atomic E-state index is -0.0851. The molecule has 0 spiro atoms. The molecule has 2 aromatic heterocycles. The monoisotopic (exact) mass is 469 g/mol. The average Bonchev–Trinajstić information content (AvgIpc) is 3.42. The van der Waals surface area contributed by atoms with Crippen LogP contribution in [0.15, 0.2) is 59.1 Å². The Labute approximate surface area is 194 Å². The predicted octanol–water partition coefficient (Wildman–Crippen LogP) is 5.23. The lowest BCUT2D eigenvalue weighted by molar-refractivity contribution is -0.120. The number of anilines is 2. The first-order valence-electron chi connectivity index (χ1n) is 10.4. The largest absolute Gasteiger partial charge is 0.423 e. The van der Waals surface area contributed by atoms with E-state index in [-0.39, 0.29) is 11.8 Å². The first-order valence-corrected chi connectivity index (χ1v) is 11.2. The van der Waals surface area contributed by atoms with Crippen LogP contribution in [0.4, 0.5) is 11.8 Å². The summed E-state index contributed by atoms with van der Waals surface area (Å²) < 4.78 is 7.58. The standard InChI is InChI=1S/C23H21Cl2N5O2/c24-17-6-5-16(18(25)13-17)14-30-21(7-10-26-30)28-22(31)15-8-11-29(12-9-15)23-27-19-3-1-2-4-20(19)32-23/h1-7,10,13,15H,8-9,11-12,14H2,(H,28,31). The predicted molar refractivity (Wildman–Crippen MR) is 125 cm³/mol. The smallest absolute Gasteiger partial charge is 0.298 e. The van der Waals surface area contributed by atoms with Crippen molar-refractivity contribution in [3.63, 3.8) is 0 Å². The molecule has 164 valence electrons. The summed E-state index contributed by atoms with van der Waals surface area (Å²) in [7, 11) is 0. The molecule has 1 N–H and O–H groups in total. The summed E-state index contributed by atoms with van der Waals surface area (Å²) in [5.74, 6) is 0.548. The number of benzene rings is 2. The molecule has 1 aliphatic rings. The number of rotatable bonds is 5. The quantitative estimate of drug-likeness (QED) is 0.432. The molecule has 1 fully saturated rings. The number of halogens is 2. The number of hydrogen-bond acceptors (Lipinski definition) is 5. The van der Waals surface area contributed by atoms with E-state index in [4.69, 9.17) is 27.6 Å². The highest BCUT2D eigenvalue weighted by Gasteiger charge is 2.27. The molecule has 1 saturated heterocycles. The zero-order valence-corrected chi connectivity index (χ0v) is 18.7. The number of carbonyl (C=O) groups is 1. The van der Waals surface area contributed by atoms with Gasteiger partial charge >= 0.3 is 0 Å². The topological polar surface area (TPSA) is 76.2 Å². The van der Waals surface area contributed by atoms with E-state index in [0.717, 1.165) is 29.5 Å². The fourth-order valence-electron chi connectivity index (χ4n) is 3.93. The van der Waals surface area contributed by atoms with Crippen LogP contribution < -0.4 is 10.2 Å². The van der Waals surface area contributed by atoms with E-state index in [1.165, 1.54) is 0 Å². The Balaban J connectivity index is 1.21. The van der Waals surface area contributed by atoms with Crippen LogP contribution in [-0.4, -0.2) is 33.8 Å². The highest BCUT2D eigenvalue weighted by molar-refractivity contribution is 6.35.